The fraction of sp³-hybridized carbons (Fsp3) is 0.391. The van der Waals surface area contributed by atoms with E-state index < -0.39 is 10.0 Å². The third kappa shape index (κ3) is 4.61. The first-order valence-corrected chi connectivity index (χ1v) is 11.9. The number of carbonyl (C=O) groups excluding carboxylic acids is 2. The van der Waals surface area contributed by atoms with E-state index in [1.165, 1.54) is 34.6 Å². The normalized spacial score (nSPS) is 19.8. The largest absolute Gasteiger partial charge is 0.303 e. The Kier molecular flexibility index (Phi) is 6.31. The SMILES string of the molecule is O=C1CN(CCCN2CCC(C(=O)c3ccc(F)cc3)CC2)S(=O)(=O)c2ccccc21. The van der Waals surface area contributed by atoms with Gasteiger partial charge in [-0.05, 0) is 75.3 Å². The Morgan fingerprint density at radius 2 is 1.68 bits per heavy atom. The fourth-order valence-corrected chi connectivity index (χ4v) is 5.98. The number of piperidine rings is 1. The smallest absolute Gasteiger partial charge is 0.244 e. The molecule has 0 atom stereocenters. The molecule has 0 spiro atoms. The van der Waals surface area contributed by atoms with E-state index in [4.69, 9.17) is 0 Å². The number of sulfonamides is 1. The summed E-state index contributed by atoms with van der Waals surface area (Å²) in [5.74, 6) is -0.549. The summed E-state index contributed by atoms with van der Waals surface area (Å²) in [6.45, 7) is 2.39. The van der Waals surface area contributed by atoms with Crippen LogP contribution in [0, 0.1) is 11.7 Å². The molecule has 2 aliphatic heterocycles. The quantitative estimate of drug-likeness (QED) is 0.641. The lowest BCUT2D eigenvalue weighted by molar-refractivity contribution is 0.0838. The average molecular weight is 445 g/mol. The van der Waals surface area contributed by atoms with Crippen molar-refractivity contribution in [2.75, 3.05) is 32.7 Å². The van der Waals surface area contributed by atoms with Crippen molar-refractivity contribution in [3.63, 3.8) is 0 Å². The summed E-state index contributed by atoms with van der Waals surface area (Å²) in [6.07, 6.45) is 2.07. The minimum atomic E-state index is -3.65. The van der Waals surface area contributed by atoms with Crippen LogP contribution >= 0.6 is 0 Å². The molecule has 2 aromatic carbocycles. The minimum Gasteiger partial charge on any atom is -0.303 e. The van der Waals surface area contributed by atoms with Crippen molar-refractivity contribution in [1.29, 1.82) is 0 Å². The van der Waals surface area contributed by atoms with E-state index in [9.17, 15) is 22.4 Å². The molecule has 1 saturated heterocycles. The maximum absolute atomic E-state index is 13.1. The van der Waals surface area contributed by atoms with E-state index in [1.807, 2.05) is 0 Å². The number of fused-ring (bicyclic) bond motifs is 1. The summed E-state index contributed by atoms with van der Waals surface area (Å²) in [6, 6.07) is 12.0. The van der Waals surface area contributed by atoms with E-state index in [0.29, 0.717) is 18.5 Å². The second-order valence-electron chi connectivity index (χ2n) is 8.10. The van der Waals surface area contributed by atoms with Crippen molar-refractivity contribution >= 4 is 21.6 Å². The number of halogens is 1. The zero-order valence-corrected chi connectivity index (χ0v) is 18.0. The van der Waals surface area contributed by atoms with Gasteiger partial charge in [0.15, 0.2) is 11.6 Å². The van der Waals surface area contributed by atoms with Gasteiger partial charge in [0.05, 0.1) is 11.4 Å². The van der Waals surface area contributed by atoms with Crippen LogP contribution in [0.3, 0.4) is 0 Å². The Balaban J connectivity index is 1.27. The maximum atomic E-state index is 13.1. The predicted octanol–water partition coefficient (Wildman–Crippen LogP) is 3.00. The summed E-state index contributed by atoms with van der Waals surface area (Å²) in [7, 11) is -3.65. The number of Topliss-reactive ketones (excluding diaryl/α,β-unsaturated/α-hetero) is 2. The molecule has 1 fully saturated rings. The molecule has 164 valence electrons. The van der Waals surface area contributed by atoms with Gasteiger partial charge in [0.25, 0.3) is 0 Å². The minimum absolute atomic E-state index is 0.0521. The molecule has 31 heavy (non-hydrogen) atoms. The molecule has 0 N–H and O–H groups in total. The van der Waals surface area contributed by atoms with Gasteiger partial charge in [-0.25, -0.2) is 12.8 Å². The van der Waals surface area contributed by atoms with Gasteiger partial charge < -0.3 is 4.90 Å². The van der Waals surface area contributed by atoms with E-state index >= 15 is 0 Å². The van der Waals surface area contributed by atoms with Gasteiger partial charge in [-0.1, -0.05) is 12.1 Å². The van der Waals surface area contributed by atoms with Gasteiger partial charge in [0, 0.05) is 23.6 Å². The first kappa shape index (κ1) is 21.8. The zero-order valence-electron chi connectivity index (χ0n) is 17.2. The highest BCUT2D eigenvalue weighted by Crippen LogP contribution is 2.26. The van der Waals surface area contributed by atoms with Crippen LogP contribution in [0.15, 0.2) is 53.4 Å². The zero-order chi connectivity index (χ0) is 22.0. The molecule has 6 nitrogen and oxygen atoms in total. The Hall–Kier alpha value is -2.42. The lowest BCUT2D eigenvalue weighted by atomic mass is 9.89. The van der Waals surface area contributed by atoms with Gasteiger partial charge in [-0.2, -0.15) is 4.31 Å². The van der Waals surface area contributed by atoms with Crippen LogP contribution in [0.5, 0.6) is 0 Å². The fourth-order valence-electron chi connectivity index (χ4n) is 4.33. The first-order chi connectivity index (χ1) is 14.9. The number of benzene rings is 2. The molecule has 0 unspecified atom stereocenters. The highest BCUT2D eigenvalue weighted by atomic mass is 32.2. The molecular weight excluding hydrogens is 419 g/mol. The number of hydrogen-bond acceptors (Lipinski definition) is 5. The summed E-state index contributed by atoms with van der Waals surface area (Å²) in [4.78, 5) is 27.2. The molecule has 0 saturated carbocycles. The van der Waals surface area contributed by atoms with Crippen molar-refractivity contribution in [1.82, 2.24) is 9.21 Å². The van der Waals surface area contributed by atoms with E-state index in [2.05, 4.69) is 4.90 Å². The molecule has 2 aliphatic rings. The molecule has 2 heterocycles. The van der Waals surface area contributed by atoms with Crippen LogP contribution < -0.4 is 0 Å². The summed E-state index contributed by atoms with van der Waals surface area (Å²) in [5, 5.41) is 0. The van der Waals surface area contributed by atoms with Crippen LogP contribution in [0.25, 0.3) is 0 Å². The Morgan fingerprint density at radius 3 is 2.39 bits per heavy atom. The lowest BCUT2D eigenvalue weighted by Gasteiger charge is -2.32. The number of carbonyl (C=O) groups is 2. The molecule has 0 aliphatic carbocycles. The van der Waals surface area contributed by atoms with Crippen molar-refractivity contribution < 1.29 is 22.4 Å². The number of rotatable bonds is 6. The number of hydrogen-bond donors (Lipinski definition) is 0. The van der Waals surface area contributed by atoms with Crippen LogP contribution in [-0.2, 0) is 10.0 Å². The number of ketones is 2. The highest BCUT2D eigenvalue weighted by molar-refractivity contribution is 7.89. The van der Waals surface area contributed by atoms with Crippen LogP contribution in [-0.4, -0.2) is 61.9 Å². The van der Waals surface area contributed by atoms with Gasteiger partial charge in [-0.15, -0.1) is 0 Å². The Morgan fingerprint density at radius 1 is 1.00 bits per heavy atom. The molecule has 0 radical (unpaired) electrons. The highest BCUT2D eigenvalue weighted by Gasteiger charge is 2.35. The molecule has 4 rings (SSSR count). The molecule has 2 aromatic rings. The van der Waals surface area contributed by atoms with E-state index in [0.717, 1.165) is 25.9 Å². The van der Waals surface area contributed by atoms with Crippen molar-refractivity contribution in [3.05, 3.63) is 65.5 Å². The van der Waals surface area contributed by atoms with Crippen LogP contribution in [0.4, 0.5) is 4.39 Å². The third-order valence-corrected chi connectivity index (χ3v) is 8.00. The predicted molar refractivity (Wildman–Crippen MR) is 114 cm³/mol. The van der Waals surface area contributed by atoms with Gasteiger partial charge >= 0.3 is 0 Å². The third-order valence-electron chi connectivity index (χ3n) is 6.09. The second-order valence-corrected chi connectivity index (χ2v) is 10.0. The maximum Gasteiger partial charge on any atom is 0.244 e. The molecular formula is C23H25FN2O4S. The van der Waals surface area contributed by atoms with Gasteiger partial charge in [-0.3, -0.25) is 9.59 Å². The van der Waals surface area contributed by atoms with Crippen molar-refractivity contribution in [3.8, 4) is 0 Å². The van der Waals surface area contributed by atoms with Crippen molar-refractivity contribution in [2.24, 2.45) is 5.92 Å². The Bertz CT molecular complexity index is 1080. The standard InChI is InChI=1S/C23H25FN2O4S/c24-19-8-6-17(7-9-19)23(28)18-10-14-25(15-11-18)12-3-13-26-16-21(27)20-4-1-2-5-22(20)31(26,29)30/h1-2,4-9,18H,3,10-16H2. The molecule has 0 amide bonds. The summed E-state index contributed by atoms with van der Waals surface area (Å²) in [5.41, 5.74) is 0.812. The Labute approximate surface area is 181 Å². The van der Waals surface area contributed by atoms with Crippen molar-refractivity contribution in [2.45, 2.75) is 24.2 Å². The van der Waals surface area contributed by atoms with Crippen LogP contribution in [0.1, 0.15) is 40.0 Å². The number of nitrogens with zero attached hydrogens (tertiary/aromatic N) is 2. The average Bonchev–Trinajstić information content (AvgIpc) is 2.78. The second kappa shape index (κ2) is 8.98. The monoisotopic (exact) mass is 444 g/mol. The van der Waals surface area contributed by atoms with Crippen LogP contribution in [0.2, 0.25) is 0 Å². The first-order valence-electron chi connectivity index (χ1n) is 10.5. The molecule has 8 heteroatoms. The van der Waals surface area contributed by atoms with E-state index in [-0.39, 0.29) is 46.9 Å². The van der Waals surface area contributed by atoms with Gasteiger partial charge in [0.1, 0.15) is 5.82 Å². The summed E-state index contributed by atoms with van der Waals surface area (Å²) >= 11 is 0. The van der Waals surface area contributed by atoms with Gasteiger partial charge in [0.2, 0.25) is 10.0 Å². The topological polar surface area (TPSA) is 74.8 Å². The molecule has 0 bridgehead atoms. The summed E-state index contributed by atoms with van der Waals surface area (Å²) < 4.78 is 39.9. The molecule has 0 aromatic heterocycles. The lowest BCUT2D eigenvalue weighted by Crippen LogP contribution is -2.43. The van der Waals surface area contributed by atoms with E-state index in [1.54, 1.807) is 18.2 Å². The number of likely N-dealkylation sites (tertiary alicyclic amines) is 1.